The van der Waals surface area contributed by atoms with E-state index in [1.54, 1.807) is 20.4 Å². The zero-order valence-corrected chi connectivity index (χ0v) is 13.2. The van der Waals surface area contributed by atoms with Crippen molar-refractivity contribution in [2.45, 2.75) is 6.54 Å². The molecule has 5 nitrogen and oxygen atoms in total. The van der Waals surface area contributed by atoms with E-state index in [1.807, 2.05) is 42.5 Å². The highest BCUT2D eigenvalue weighted by molar-refractivity contribution is 5.99. The largest absolute Gasteiger partial charge is 0.497 e. The van der Waals surface area contributed by atoms with Gasteiger partial charge in [-0.15, -0.1) is 0 Å². The van der Waals surface area contributed by atoms with Gasteiger partial charge in [-0.2, -0.15) is 0 Å². The molecule has 0 bridgehead atoms. The minimum absolute atomic E-state index is 0.591. The summed E-state index contributed by atoms with van der Waals surface area (Å²) in [7, 11) is 3.28. The quantitative estimate of drug-likeness (QED) is 0.707. The van der Waals surface area contributed by atoms with Crippen molar-refractivity contribution in [1.82, 2.24) is 4.98 Å². The van der Waals surface area contributed by atoms with Crippen LogP contribution in [0.25, 0.3) is 10.8 Å². The molecule has 0 unspecified atom stereocenters. The molecule has 1 heterocycles. The third-order valence-corrected chi connectivity index (χ3v) is 3.78. The van der Waals surface area contributed by atoms with Crippen LogP contribution in [0.2, 0.25) is 0 Å². The van der Waals surface area contributed by atoms with Crippen LogP contribution in [0.1, 0.15) is 5.56 Å². The van der Waals surface area contributed by atoms with Gasteiger partial charge in [0.2, 0.25) is 0 Å². The molecule has 3 aromatic rings. The number of aromatic nitrogens is 1. The fraction of sp³-hybridized carbons (Fsp3) is 0.167. The van der Waals surface area contributed by atoms with Gasteiger partial charge in [-0.25, -0.2) is 4.98 Å². The van der Waals surface area contributed by atoms with E-state index >= 15 is 0 Å². The van der Waals surface area contributed by atoms with Gasteiger partial charge in [0.05, 0.1) is 14.2 Å². The van der Waals surface area contributed by atoms with Crippen molar-refractivity contribution in [3.63, 3.8) is 0 Å². The summed E-state index contributed by atoms with van der Waals surface area (Å²) < 4.78 is 10.6. The minimum atomic E-state index is 0.591. The number of anilines is 2. The summed E-state index contributed by atoms with van der Waals surface area (Å²) in [6, 6.07) is 13.5. The average molecular weight is 309 g/mol. The number of benzene rings is 2. The Morgan fingerprint density at radius 2 is 1.91 bits per heavy atom. The van der Waals surface area contributed by atoms with Gasteiger partial charge in [0, 0.05) is 40.8 Å². The first-order valence-corrected chi connectivity index (χ1v) is 7.31. The standard InChI is InChI=1S/C18H19N3O2/c1-22-13-7-6-12(17(10-13)23-2)11-21-18-15-4-3-5-16(19)14(15)8-9-20-18/h3-10H,11,19H2,1-2H3,(H,20,21). The Kier molecular flexibility index (Phi) is 4.19. The lowest BCUT2D eigenvalue weighted by molar-refractivity contribution is 0.391. The second-order valence-corrected chi connectivity index (χ2v) is 5.13. The number of nitrogens with one attached hydrogen (secondary N) is 1. The number of rotatable bonds is 5. The number of pyridine rings is 1. The highest BCUT2D eigenvalue weighted by Gasteiger charge is 2.08. The molecular formula is C18H19N3O2. The normalized spacial score (nSPS) is 10.5. The van der Waals surface area contributed by atoms with Crippen molar-refractivity contribution >= 4 is 22.3 Å². The van der Waals surface area contributed by atoms with Crippen LogP contribution >= 0.6 is 0 Å². The summed E-state index contributed by atoms with van der Waals surface area (Å²) in [4.78, 5) is 4.42. The maximum absolute atomic E-state index is 6.02. The van der Waals surface area contributed by atoms with Crippen LogP contribution < -0.4 is 20.5 Å². The molecule has 1 aromatic heterocycles. The van der Waals surface area contributed by atoms with E-state index in [0.717, 1.165) is 39.3 Å². The van der Waals surface area contributed by atoms with Crippen molar-refractivity contribution in [3.8, 4) is 11.5 Å². The van der Waals surface area contributed by atoms with Gasteiger partial charge in [-0.05, 0) is 24.3 Å². The molecule has 5 heteroatoms. The fourth-order valence-corrected chi connectivity index (χ4v) is 2.55. The van der Waals surface area contributed by atoms with E-state index in [2.05, 4.69) is 10.3 Å². The highest BCUT2D eigenvalue weighted by Crippen LogP contribution is 2.28. The lowest BCUT2D eigenvalue weighted by Gasteiger charge is -2.13. The van der Waals surface area contributed by atoms with Gasteiger partial charge in [0.25, 0.3) is 0 Å². The number of nitrogens with zero attached hydrogens (tertiary/aromatic N) is 1. The zero-order valence-electron chi connectivity index (χ0n) is 13.2. The number of hydrogen-bond donors (Lipinski definition) is 2. The molecule has 0 saturated carbocycles. The number of ether oxygens (including phenoxy) is 2. The molecule has 0 amide bonds. The van der Waals surface area contributed by atoms with E-state index in [4.69, 9.17) is 15.2 Å². The first-order valence-electron chi connectivity index (χ1n) is 7.31. The zero-order chi connectivity index (χ0) is 16.2. The van der Waals surface area contributed by atoms with Gasteiger partial charge in [-0.3, -0.25) is 0 Å². The Labute approximate surface area is 135 Å². The molecule has 0 radical (unpaired) electrons. The summed E-state index contributed by atoms with van der Waals surface area (Å²) in [5, 5.41) is 5.35. The Morgan fingerprint density at radius 3 is 2.70 bits per heavy atom. The Hall–Kier alpha value is -2.95. The Bertz CT molecular complexity index is 834. The molecule has 0 spiro atoms. The van der Waals surface area contributed by atoms with Crippen LogP contribution in [0.15, 0.2) is 48.7 Å². The van der Waals surface area contributed by atoms with Crippen molar-refractivity contribution in [2.75, 3.05) is 25.3 Å². The number of hydrogen-bond acceptors (Lipinski definition) is 5. The summed E-state index contributed by atoms with van der Waals surface area (Å²) in [5.74, 6) is 2.34. The number of nitrogens with two attached hydrogens (primary N) is 1. The molecule has 23 heavy (non-hydrogen) atoms. The van der Waals surface area contributed by atoms with Gasteiger partial charge in [0.15, 0.2) is 0 Å². The van der Waals surface area contributed by atoms with Crippen LogP contribution in [0.4, 0.5) is 11.5 Å². The van der Waals surface area contributed by atoms with E-state index in [9.17, 15) is 0 Å². The SMILES string of the molecule is COc1ccc(CNc2nccc3c(N)cccc23)c(OC)c1. The van der Waals surface area contributed by atoms with E-state index < -0.39 is 0 Å². The van der Waals surface area contributed by atoms with E-state index in [0.29, 0.717) is 6.54 Å². The Balaban J connectivity index is 1.88. The predicted octanol–water partition coefficient (Wildman–Crippen LogP) is 3.45. The lowest BCUT2D eigenvalue weighted by atomic mass is 10.1. The third kappa shape index (κ3) is 2.99. The maximum Gasteiger partial charge on any atom is 0.134 e. The second-order valence-electron chi connectivity index (χ2n) is 5.13. The van der Waals surface area contributed by atoms with Crippen LogP contribution in [0, 0.1) is 0 Å². The first kappa shape index (κ1) is 15.0. The minimum Gasteiger partial charge on any atom is -0.497 e. The fourth-order valence-electron chi connectivity index (χ4n) is 2.55. The third-order valence-electron chi connectivity index (χ3n) is 3.78. The predicted molar refractivity (Wildman–Crippen MR) is 93.0 cm³/mol. The number of methoxy groups -OCH3 is 2. The van der Waals surface area contributed by atoms with Crippen LogP contribution in [0.3, 0.4) is 0 Å². The van der Waals surface area contributed by atoms with E-state index in [1.165, 1.54) is 0 Å². The molecule has 2 aromatic carbocycles. The monoisotopic (exact) mass is 309 g/mol. The molecule has 0 aliphatic heterocycles. The number of fused-ring (bicyclic) bond motifs is 1. The van der Waals surface area contributed by atoms with Crippen molar-refractivity contribution < 1.29 is 9.47 Å². The summed E-state index contributed by atoms with van der Waals surface area (Å²) >= 11 is 0. The van der Waals surface area contributed by atoms with Crippen molar-refractivity contribution in [1.29, 1.82) is 0 Å². The van der Waals surface area contributed by atoms with Crippen molar-refractivity contribution in [3.05, 3.63) is 54.2 Å². The smallest absolute Gasteiger partial charge is 0.134 e. The molecule has 0 saturated heterocycles. The molecule has 0 fully saturated rings. The van der Waals surface area contributed by atoms with Crippen molar-refractivity contribution in [2.24, 2.45) is 0 Å². The summed E-state index contributed by atoms with van der Waals surface area (Å²) in [6.07, 6.45) is 1.76. The average Bonchev–Trinajstić information content (AvgIpc) is 2.60. The highest BCUT2D eigenvalue weighted by atomic mass is 16.5. The van der Waals surface area contributed by atoms with Gasteiger partial charge >= 0.3 is 0 Å². The van der Waals surface area contributed by atoms with Crippen LogP contribution in [0.5, 0.6) is 11.5 Å². The molecule has 3 rings (SSSR count). The molecule has 118 valence electrons. The molecule has 0 aliphatic carbocycles. The molecule has 0 aliphatic rings. The van der Waals surface area contributed by atoms with Crippen LogP contribution in [-0.2, 0) is 6.54 Å². The number of nitrogen functional groups attached to an aromatic ring is 1. The summed E-state index contributed by atoms with van der Waals surface area (Å²) in [5.41, 5.74) is 7.79. The van der Waals surface area contributed by atoms with Gasteiger partial charge < -0.3 is 20.5 Å². The van der Waals surface area contributed by atoms with Crippen LogP contribution in [-0.4, -0.2) is 19.2 Å². The molecular weight excluding hydrogens is 290 g/mol. The maximum atomic E-state index is 6.02. The van der Waals surface area contributed by atoms with Gasteiger partial charge in [-0.1, -0.05) is 12.1 Å². The first-order chi connectivity index (χ1) is 11.2. The molecule has 0 atom stereocenters. The molecule has 3 N–H and O–H groups in total. The topological polar surface area (TPSA) is 69.4 Å². The van der Waals surface area contributed by atoms with Gasteiger partial charge in [0.1, 0.15) is 17.3 Å². The Morgan fingerprint density at radius 1 is 1.04 bits per heavy atom. The second kappa shape index (κ2) is 6.44. The summed E-state index contributed by atoms with van der Waals surface area (Å²) in [6.45, 7) is 0.591. The lowest BCUT2D eigenvalue weighted by Crippen LogP contribution is -2.04. The van der Waals surface area contributed by atoms with E-state index in [-0.39, 0.29) is 0 Å².